The number of piperidine rings is 1. The summed E-state index contributed by atoms with van der Waals surface area (Å²) < 4.78 is 7.12. The van der Waals surface area contributed by atoms with E-state index in [4.69, 9.17) is 4.74 Å². The van der Waals surface area contributed by atoms with Gasteiger partial charge in [-0.05, 0) is 61.9 Å². The van der Waals surface area contributed by atoms with E-state index in [1.54, 1.807) is 17.4 Å². The van der Waals surface area contributed by atoms with Gasteiger partial charge in [0.05, 0.1) is 23.1 Å². The highest BCUT2D eigenvalue weighted by Crippen LogP contribution is 2.26. The van der Waals surface area contributed by atoms with E-state index < -0.39 is 5.60 Å². The first-order valence-electron chi connectivity index (χ1n) is 10.7. The predicted molar refractivity (Wildman–Crippen MR) is 123 cm³/mol. The Hall–Kier alpha value is -2.48. The molecule has 1 aliphatic heterocycles. The fraction of sp³-hybridized carbons (Fsp3) is 0.417. The molecule has 0 atom stereocenters. The molecule has 0 spiro atoms. The second-order valence-electron chi connectivity index (χ2n) is 8.50. The van der Waals surface area contributed by atoms with Gasteiger partial charge in [-0.3, -0.25) is 9.69 Å². The number of rotatable bonds is 7. The van der Waals surface area contributed by atoms with Gasteiger partial charge in [0.2, 0.25) is 0 Å². The third kappa shape index (κ3) is 5.61. The Morgan fingerprint density at radius 3 is 2.52 bits per heavy atom. The molecule has 1 aromatic carbocycles. The number of aliphatic hydroxyl groups is 1. The van der Waals surface area contributed by atoms with Crippen LogP contribution in [0.4, 0.5) is 0 Å². The van der Waals surface area contributed by atoms with Crippen LogP contribution < -0.4 is 10.3 Å². The number of thiophene rings is 1. The molecule has 3 aromatic rings. The van der Waals surface area contributed by atoms with Crippen molar-refractivity contribution in [1.29, 1.82) is 0 Å². The molecule has 0 unspecified atom stereocenters. The molecule has 0 radical (unpaired) electrons. The maximum atomic E-state index is 12.3. The first-order valence-corrected chi connectivity index (χ1v) is 11.6. The molecule has 1 saturated heterocycles. The van der Waals surface area contributed by atoms with Crippen molar-refractivity contribution in [3.8, 4) is 16.3 Å². The molecule has 31 heavy (non-hydrogen) atoms. The molecule has 1 fully saturated rings. The largest absolute Gasteiger partial charge is 0.491 e. The molecule has 7 heteroatoms. The molecule has 0 aliphatic carbocycles. The van der Waals surface area contributed by atoms with Crippen LogP contribution in [0.25, 0.3) is 10.6 Å². The Kier molecular flexibility index (Phi) is 6.55. The summed E-state index contributed by atoms with van der Waals surface area (Å²) in [6.07, 6.45) is 1.39. The lowest BCUT2D eigenvalue weighted by Crippen LogP contribution is -2.48. The van der Waals surface area contributed by atoms with Crippen LogP contribution in [-0.2, 0) is 13.1 Å². The second kappa shape index (κ2) is 9.34. The van der Waals surface area contributed by atoms with Crippen molar-refractivity contribution in [3.05, 3.63) is 69.8 Å². The van der Waals surface area contributed by atoms with Crippen molar-refractivity contribution >= 4 is 11.3 Å². The Labute approximate surface area is 186 Å². The number of hydrogen-bond donors (Lipinski definition) is 1. The Balaban J connectivity index is 1.36. The first kappa shape index (κ1) is 21.7. The summed E-state index contributed by atoms with van der Waals surface area (Å²) in [4.78, 5) is 15.7. The molecule has 0 saturated carbocycles. The third-order valence-electron chi connectivity index (χ3n) is 5.57. The van der Waals surface area contributed by atoms with Gasteiger partial charge in [0, 0.05) is 25.7 Å². The minimum absolute atomic E-state index is 0.165. The smallest absolute Gasteiger partial charge is 0.266 e. The number of nitrogens with zero attached hydrogens (tertiary/aromatic N) is 3. The maximum absolute atomic E-state index is 12.3. The van der Waals surface area contributed by atoms with Gasteiger partial charge in [-0.1, -0.05) is 18.2 Å². The molecular formula is C24H29N3O3S. The Morgan fingerprint density at radius 2 is 1.87 bits per heavy atom. The lowest BCUT2D eigenvalue weighted by Gasteiger charge is -2.38. The molecule has 0 amide bonds. The van der Waals surface area contributed by atoms with E-state index >= 15 is 0 Å². The normalized spacial score (nSPS) is 16.5. The van der Waals surface area contributed by atoms with E-state index in [0.29, 0.717) is 12.8 Å². The van der Waals surface area contributed by atoms with Gasteiger partial charge in [-0.15, -0.1) is 11.3 Å². The second-order valence-corrected chi connectivity index (χ2v) is 9.45. The fourth-order valence-corrected chi connectivity index (χ4v) is 4.58. The van der Waals surface area contributed by atoms with Crippen molar-refractivity contribution in [2.45, 2.75) is 51.5 Å². The average Bonchev–Trinajstić information content (AvgIpc) is 3.27. The van der Waals surface area contributed by atoms with Gasteiger partial charge in [0.25, 0.3) is 5.56 Å². The lowest BCUT2D eigenvalue weighted by molar-refractivity contribution is -0.0389. The fourth-order valence-electron chi connectivity index (χ4n) is 3.89. The highest BCUT2D eigenvalue weighted by molar-refractivity contribution is 7.13. The molecule has 3 heterocycles. The first-order chi connectivity index (χ1) is 14.9. The monoisotopic (exact) mass is 439 g/mol. The number of hydrogen-bond acceptors (Lipinski definition) is 6. The molecular weight excluding hydrogens is 410 g/mol. The van der Waals surface area contributed by atoms with Crippen molar-refractivity contribution < 1.29 is 9.84 Å². The summed E-state index contributed by atoms with van der Waals surface area (Å²) in [5.74, 6) is 0.884. The molecule has 6 nitrogen and oxygen atoms in total. The van der Waals surface area contributed by atoms with E-state index in [1.807, 2.05) is 43.5 Å². The molecule has 2 aromatic heterocycles. The lowest BCUT2D eigenvalue weighted by atomic mass is 9.91. The van der Waals surface area contributed by atoms with Crippen LogP contribution in [0.3, 0.4) is 0 Å². The predicted octanol–water partition coefficient (Wildman–Crippen LogP) is 3.79. The summed E-state index contributed by atoms with van der Waals surface area (Å²) in [5, 5.41) is 17.6. The van der Waals surface area contributed by atoms with E-state index in [-0.39, 0.29) is 18.2 Å². The molecule has 4 rings (SSSR count). The molecule has 1 aliphatic rings. The van der Waals surface area contributed by atoms with Crippen molar-refractivity contribution in [3.63, 3.8) is 0 Å². The van der Waals surface area contributed by atoms with E-state index in [0.717, 1.165) is 36.0 Å². The Bertz CT molecular complexity index is 1040. The zero-order chi connectivity index (χ0) is 21.8. The minimum atomic E-state index is -0.920. The third-order valence-corrected chi connectivity index (χ3v) is 6.46. The van der Waals surface area contributed by atoms with Gasteiger partial charge < -0.3 is 9.84 Å². The van der Waals surface area contributed by atoms with Crippen LogP contribution in [0.2, 0.25) is 0 Å². The SMILES string of the molecule is CC(C)Oc1ccc(CN2CCC(O)(Cn3nc(-c4cccs4)ccc3=O)CC2)cc1. The Morgan fingerprint density at radius 1 is 1.13 bits per heavy atom. The van der Waals surface area contributed by atoms with Crippen molar-refractivity contribution in [1.82, 2.24) is 14.7 Å². The topological polar surface area (TPSA) is 67.6 Å². The number of ether oxygens (including phenoxy) is 1. The number of likely N-dealkylation sites (tertiary alicyclic amines) is 1. The minimum Gasteiger partial charge on any atom is -0.491 e. The van der Waals surface area contributed by atoms with Crippen molar-refractivity contribution in [2.75, 3.05) is 13.1 Å². The van der Waals surface area contributed by atoms with Gasteiger partial charge in [0.15, 0.2) is 0 Å². The maximum Gasteiger partial charge on any atom is 0.266 e. The van der Waals surface area contributed by atoms with Crippen LogP contribution >= 0.6 is 11.3 Å². The average molecular weight is 440 g/mol. The van der Waals surface area contributed by atoms with Crippen LogP contribution in [-0.4, -0.2) is 44.6 Å². The van der Waals surface area contributed by atoms with Crippen LogP contribution in [0.15, 0.2) is 58.7 Å². The summed E-state index contributed by atoms with van der Waals surface area (Å²) >= 11 is 1.59. The van der Waals surface area contributed by atoms with E-state index in [9.17, 15) is 9.90 Å². The molecule has 0 bridgehead atoms. The highest BCUT2D eigenvalue weighted by atomic mass is 32.1. The zero-order valence-electron chi connectivity index (χ0n) is 18.0. The van der Waals surface area contributed by atoms with Gasteiger partial charge >= 0.3 is 0 Å². The van der Waals surface area contributed by atoms with Crippen LogP contribution in [0, 0.1) is 0 Å². The summed E-state index contributed by atoms with van der Waals surface area (Å²) in [5.41, 5.74) is 0.888. The number of aromatic nitrogens is 2. The number of benzene rings is 1. The van der Waals surface area contributed by atoms with Gasteiger partial charge in [-0.2, -0.15) is 5.10 Å². The van der Waals surface area contributed by atoms with Crippen LogP contribution in [0.1, 0.15) is 32.3 Å². The zero-order valence-corrected chi connectivity index (χ0v) is 18.8. The quantitative estimate of drug-likeness (QED) is 0.607. The van der Waals surface area contributed by atoms with Gasteiger partial charge in [-0.25, -0.2) is 4.68 Å². The van der Waals surface area contributed by atoms with E-state index in [2.05, 4.69) is 22.1 Å². The molecule has 1 N–H and O–H groups in total. The summed E-state index contributed by atoms with van der Waals surface area (Å²) in [6, 6.07) is 15.4. The van der Waals surface area contributed by atoms with Gasteiger partial charge in [0.1, 0.15) is 11.4 Å². The molecule has 164 valence electrons. The van der Waals surface area contributed by atoms with E-state index in [1.165, 1.54) is 16.3 Å². The summed E-state index contributed by atoms with van der Waals surface area (Å²) in [7, 11) is 0. The van der Waals surface area contributed by atoms with Crippen LogP contribution in [0.5, 0.6) is 5.75 Å². The van der Waals surface area contributed by atoms with Crippen molar-refractivity contribution in [2.24, 2.45) is 0 Å². The standard InChI is InChI=1S/C24H29N3O3S/c1-18(2)30-20-7-5-19(6-8-20)16-26-13-11-24(29,12-14-26)17-27-23(28)10-9-21(25-27)22-4-3-15-31-22/h3-10,15,18,29H,11-14,16-17H2,1-2H3. The summed E-state index contributed by atoms with van der Waals surface area (Å²) in [6.45, 7) is 6.65. The highest BCUT2D eigenvalue weighted by Gasteiger charge is 2.33.